The summed E-state index contributed by atoms with van der Waals surface area (Å²) in [4.78, 5) is 19.2. The monoisotopic (exact) mass is 446 g/mol. The van der Waals surface area contributed by atoms with Gasteiger partial charge in [-0.05, 0) is 28.8 Å². The SMILES string of the molecule is CN1C=CN2c3ccccc3C3=C(C12)C1(C)C2N(C)c4nccnc4N2c2ccccc2C31C. The van der Waals surface area contributed by atoms with Gasteiger partial charge in [-0.25, -0.2) is 9.97 Å². The Labute approximate surface area is 199 Å². The smallest absolute Gasteiger partial charge is 0.178 e. The van der Waals surface area contributed by atoms with Crippen molar-refractivity contribution in [2.24, 2.45) is 5.41 Å². The van der Waals surface area contributed by atoms with Gasteiger partial charge in [0.2, 0.25) is 0 Å². The minimum Gasteiger partial charge on any atom is -0.355 e. The molecule has 0 spiro atoms. The molecule has 0 amide bonds. The van der Waals surface area contributed by atoms with Gasteiger partial charge in [-0.2, -0.15) is 0 Å². The highest BCUT2D eigenvalue weighted by atomic mass is 15.5. The number of nitrogens with zero attached hydrogens (tertiary/aromatic N) is 6. The Kier molecular flexibility index (Phi) is 3.08. The van der Waals surface area contributed by atoms with Crippen molar-refractivity contribution in [3.8, 4) is 0 Å². The van der Waals surface area contributed by atoms with Crippen molar-refractivity contribution in [1.29, 1.82) is 0 Å². The van der Waals surface area contributed by atoms with E-state index in [1.54, 1.807) is 6.20 Å². The van der Waals surface area contributed by atoms with Crippen molar-refractivity contribution in [3.63, 3.8) is 0 Å². The van der Waals surface area contributed by atoms with Gasteiger partial charge in [0, 0.05) is 61.0 Å². The number of allylic oxidation sites excluding steroid dienone is 1. The van der Waals surface area contributed by atoms with Crippen LogP contribution in [-0.2, 0) is 5.41 Å². The molecule has 6 heteroatoms. The summed E-state index contributed by atoms with van der Waals surface area (Å²) in [6, 6.07) is 17.8. The number of anilines is 4. The molecule has 5 aliphatic rings. The number of hydrogen-bond donors (Lipinski definition) is 0. The first-order valence-electron chi connectivity index (χ1n) is 12.0. The first-order chi connectivity index (χ1) is 16.5. The molecule has 4 atom stereocenters. The predicted molar refractivity (Wildman–Crippen MR) is 135 cm³/mol. The number of fused-ring (bicyclic) bond motifs is 15. The fraction of sp³-hybridized carbons (Fsp3) is 0.286. The number of likely N-dealkylation sites (N-methyl/N-ethyl adjacent to an activating group) is 1. The Bertz CT molecular complexity index is 1470. The predicted octanol–water partition coefficient (Wildman–Crippen LogP) is 4.70. The average molecular weight is 447 g/mol. The normalized spacial score (nSPS) is 31.3. The minimum absolute atomic E-state index is 0.0877. The highest BCUT2D eigenvalue weighted by Gasteiger charge is 2.73. The first-order valence-corrected chi connectivity index (χ1v) is 12.0. The molecule has 34 heavy (non-hydrogen) atoms. The molecule has 0 saturated carbocycles. The molecule has 5 heterocycles. The second-order valence-corrected chi connectivity index (χ2v) is 10.5. The minimum atomic E-state index is -0.162. The van der Waals surface area contributed by atoms with Crippen molar-refractivity contribution >= 4 is 28.6 Å². The summed E-state index contributed by atoms with van der Waals surface area (Å²) in [6.45, 7) is 4.94. The summed E-state index contributed by atoms with van der Waals surface area (Å²) >= 11 is 0. The zero-order valence-corrected chi connectivity index (χ0v) is 19.8. The fourth-order valence-corrected chi connectivity index (χ4v) is 7.76. The molecule has 6 nitrogen and oxygen atoms in total. The maximum absolute atomic E-state index is 4.82. The van der Waals surface area contributed by atoms with Crippen molar-refractivity contribution in [3.05, 3.63) is 90.0 Å². The molecule has 4 unspecified atom stereocenters. The van der Waals surface area contributed by atoms with E-state index in [1.807, 2.05) is 6.20 Å². The molecule has 0 bridgehead atoms. The maximum atomic E-state index is 4.82. The lowest BCUT2D eigenvalue weighted by molar-refractivity contribution is 0.133. The molecule has 8 rings (SSSR count). The van der Waals surface area contributed by atoms with Crippen LogP contribution in [-0.4, -0.2) is 41.3 Å². The van der Waals surface area contributed by atoms with Gasteiger partial charge in [0.15, 0.2) is 11.6 Å². The summed E-state index contributed by atoms with van der Waals surface area (Å²) in [5, 5.41) is 0. The van der Waals surface area contributed by atoms with Crippen LogP contribution in [0.5, 0.6) is 0 Å². The van der Waals surface area contributed by atoms with Crippen LogP contribution < -0.4 is 14.7 Å². The Morgan fingerprint density at radius 1 is 0.824 bits per heavy atom. The van der Waals surface area contributed by atoms with Crippen LogP contribution in [0.4, 0.5) is 23.0 Å². The van der Waals surface area contributed by atoms with Crippen LogP contribution in [0.1, 0.15) is 25.0 Å². The van der Waals surface area contributed by atoms with Crippen molar-refractivity contribution in [1.82, 2.24) is 14.9 Å². The van der Waals surface area contributed by atoms with Gasteiger partial charge in [-0.1, -0.05) is 50.2 Å². The van der Waals surface area contributed by atoms with Gasteiger partial charge in [0.05, 0.1) is 5.69 Å². The van der Waals surface area contributed by atoms with Gasteiger partial charge in [0.25, 0.3) is 0 Å². The number of rotatable bonds is 0. The van der Waals surface area contributed by atoms with Gasteiger partial charge in [0.1, 0.15) is 12.3 Å². The van der Waals surface area contributed by atoms with Gasteiger partial charge < -0.3 is 19.6 Å². The Balaban J connectivity index is 1.49. The summed E-state index contributed by atoms with van der Waals surface area (Å²) in [5.41, 5.74) is 7.93. The Hall–Kier alpha value is -3.80. The fourth-order valence-electron chi connectivity index (χ4n) is 7.76. The largest absolute Gasteiger partial charge is 0.355 e. The zero-order valence-electron chi connectivity index (χ0n) is 19.8. The van der Waals surface area contributed by atoms with Crippen LogP contribution in [0.15, 0.2) is 78.9 Å². The van der Waals surface area contributed by atoms with Gasteiger partial charge in [-0.15, -0.1) is 0 Å². The second kappa shape index (κ2) is 5.63. The van der Waals surface area contributed by atoms with Crippen LogP contribution in [0.25, 0.3) is 5.57 Å². The Morgan fingerprint density at radius 2 is 1.53 bits per heavy atom. The second-order valence-electron chi connectivity index (χ2n) is 10.5. The lowest BCUT2D eigenvalue weighted by Gasteiger charge is -2.69. The van der Waals surface area contributed by atoms with Gasteiger partial charge >= 0.3 is 0 Å². The molecular formula is C28H26N6. The van der Waals surface area contributed by atoms with Crippen molar-refractivity contribution in [2.75, 3.05) is 28.8 Å². The molecule has 0 saturated heterocycles. The molecule has 3 aromatic rings. The molecule has 168 valence electrons. The van der Waals surface area contributed by atoms with Crippen LogP contribution in [0.2, 0.25) is 0 Å². The topological polar surface area (TPSA) is 38.7 Å². The number of para-hydroxylation sites is 2. The number of hydrogen-bond acceptors (Lipinski definition) is 6. The van der Waals surface area contributed by atoms with E-state index in [9.17, 15) is 0 Å². The third-order valence-electron chi connectivity index (χ3n) is 9.24. The number of aromatic nitrogens is 2. The lowest BCUT2D eigenvalue weighted by atomic mass is 9.40. The van der Waals surface area contributed by atoms with E-state index in [0.29, 0.717) is 0 Å². The summed E-state index contributed by atoms with van der Waals surface area (Å²) in [5.74, 6) is 1.90. The van der Waals surface area contributed by atoms with E-state index < -0.39 is 0 Å². The van der Waals surface area contributed by atoms with Crippen LogP contribution in [0, 0.1) is 5.41 Å². The van der Waals surface area contributed by atoms with Crippen molar-refractivity contribution in [2.45, 2.75) is 31.6 Å². The zero-order chi connectivity index (χ0) is 23.0. The molecule has 1 aliphatic carbocycles. The molecule has 0 N–H and O–H groups in total. The third-order valence-corrected chi connectivity index (χ3v) is 9.24. The number of benzene rings is 2. The van der Waals surface area contributed by atoms with Crippen LogP contribution in [0.3, 0.4) is 0 Å². The van der Waals surface area contributed by atoms with E-state index >= 15 is 0 Å². The van der Waals surface area contributed by atoms with Crippen molar-refractivity contribution < 1.29 is 0 Å². The highest BCUT2D eigenvalue weighted by Crippen LogP contribution is 2.75. The molecule has 1 aromatic heterocycles. The third kappa shape index (κ3) is 1.69. The summed E-state index contributed by atoms with van der Waals surface area (Å²) in [7, 11) is 4.38. The van der Waals surface area contributed by atoms with E-state index in [1.165, 1.54) is 33.6 Å². The summed E-state index contributed by atoms with van der Waals surface area (Å²) < 4.78 is 0. The molecule has 4 aliphatic heterocycles. The standard InChI is InChI=1S/C28H26N6/c1-27-18-10-6-8-12-20(18)34-24-23(29-13-14-30-24)32(4)26(34)28(27,2)22-21(27)17-9-5-7-11-19(17)33-16-15-31(3)25(22)33/h5-16,25-26H,1-4H3. The van der Waals surface area contributed by atoms with E-state index in [-0.39, 0.29) is 23.2 Å². The first kappa shape index (κ1) is 18.6. The van der Waals surface area contributed by atoms with E-state index in [2.05, 4.69) is 108 Å². The van der Waals surface area contributed by atoms with E-state index in [4.69, 9.17) is 9.97 Å². The maximum Gasteiger partial charge on any atom is 0.178 e. The molecule has 0 radical (unpaired) electrons. The average Bonchev–Trinajstić information content (AvgIpc) is 3.39. The Morgan fingerprint density at radius 3 is 2.35 bits per heavy atom. The molecular weight excluding hydrogens is 420 g/mol. The van der Waals surface area contributed by atoms with Crippen LogP contribution >= 0.6 is 0 Å². The lowest BCUT2D eigenvalue weighted by Crippen LogP contribution is -2.72. The molecule has 0 fully saturated rings. The highest BCUT2D eigenvalue weighted by molar-refractivity contribution is 6.00. The molecule has 2 aromatic carbocycles. The quantitative estimate of drug-likeness (QED) is 0.499. The van der Waals surface area contributed by atoms with Gasteiger partial charge in [-0.3, -0.25) is 0 Å². The summed E-state index contributed by atoms with van der Waals surface area (Å²) in [6.07, 6.45) is 8.32. The van der Waals surface area contributed by atoms with E-state index in [0.717, 1.165) is 11.6 Å².